The fourth-order valence-electron chi connectivity index (χ4n) is 3.01. The summed E-state index contributed by atoms with van der Waals surface area (Å²) in [6, 6.07) is 7.92. The molecule has 1 aliphatic heterocycles. The van der Waals surface area contributed by atoms with E-state index in [1.54, 1.807) is 13.3 Å². The molecule has 0 atom stereocenters. The number of benzene rings is 1. The summed E-state index contributed by atoms with van der Waals surface area (Å²) >= 11 is 0. The van der Waals surface area contributed by atoms with Crippen LogP contribution in [0, 0.1) is 0 Å². The summed E-state index contributed by atoms with van der Waals surface area (Å²) in [4.78, 5) is 6.91. The Balaban J connectivity index is 1.58. The minimum atomic E-state index is 0.713. The smallest absolute Gasteiger partial charge is 0.163 e. The lowest BCUT2D eigenvalue weighted by atomic mass is 10.1. The summed E-state index contributed by atoms with van der Waals surface area (Å²) in [5, 5.41) is 1.07. The van der Waals surface area contributed by atoms with E-state index < -0.39 is 0 Å². The van der Waals surface area contributed by atoms with Gasteiger partial charge in [0.15, 0.2) is 11.5 Å². The molecule has 0 saturated carbocycles. The first-order chi connectivity index (χ1) is 10.9. The first-order valence-electron chi connectivity index (χ1n) is 8.15. The second kappa shape index (κ2) is 7.45. The molecule has 1 aliphatic rings. The fourth-order valence-corrected chi connectivity index (χ4v) is 3.01. The normalized spacial score (nSPS) is 15.9. The lowest BCUT2D eigenvalue weighted by Gasteiger charge is -2.26. The Hall–Kier alpha value is -1.81. The first-order valence-corrected chi connectivity index (χ1v) is 8.15. The SMILES string of the molecule is COc1cc2cccnc2cc1OCCCN1CCCCC1. The zero-order valence-corrected chi connectivity index (χ0v) is 13.3. The largest absolute Gasteiger partial charge is 0.493 e. The van der Waals surface area contributed by atoms with Crippen LogP contribution in [-0.4, -0.2) is 43.2 Å². The van der Waals surface area contributed by atoms with Crippen molar-refractivity contribution in [2.75, 3.05) is 33.4 Å². The summed E-state index contributed by atoms with van der Waals surface area (Å²) in [7, 11) is 1.68. The van der Waals surface area contributed by atoms with Gasteiger partial charge >= 0.3 is 0 Å². The highest BCUT2D eigenvalue weighted by atomic mass is 16.5. The van der Waals surface area contributed by atoms with E-state index in [1.807, 2.05) is 24.3 Å². The summed E-state index contributed by atoms with van der Waals surface area (Å²) < 4.78 is 11.4. The van der Waals surface area contributed by atoms with Crippen molar-refractivity contribution in [3.8, 4) is 11.5 Å². The monoisotopic (exact) mass is 300 g/mol. The lowest BCUT2D eigenvalue weighted by molar-refractivity contribution is 0.203. The van der Waals surface area contributed by atoms with E-state index in [0.29, 0.717) is 6.61 Å². The Kier molecular flexibility index (Phi) is 5.11. The van der Waals surface area contributed by atoms with Crippen molar-refractivity contribution in [1.29, 1.82) is 0 Å². The molecule has 0 radical (unpaired) electrons. The summed E-state index contributed by atoms with van der Waals surface area (Å²) in [5.74, 6) is 1.56. The minimum absolute atomic E-state index is 0.713. The topological polar surface area (TPSA) is 34.6 Å². The first kappa shape index (κ1) is 15.1. The Morgan fingerprint density at radius 2 is 2.00 bits per heavy atom. The molecular weight excluding hydrogens is 276 g/mol. The number of rotatable bonds is 6. The van der Waals surface area contributed by atoms with Crippen molar-refractivity contribution in [2.24, 2.45) is 0 Å². The van der Waals surface area contributed by atoms with Crippen LogP contribution in [0.15, 0.2) is 30.5 Å². The van der Waals surface area contributed by atoms with Gasteiger partial charge in [0.2, 0.25) is 0 Å². The van der Waals surface area contributed by atoms with E-state index in [1.165, 1.54) is 32.4 Å². The number of methoxy groups -OCH3 is 1. The number of hydrogen-bond acceptors (Lipinski definition) is 4. The molecule has 0 spiro atoms. The van der Waals surface area contributed by atoms with Crippen LogP contribution in [0.2, 0.25) is 0 Å². The van der Waals surface area contributed by atoms with Crippen LogP contribution >= 0.6 is 0 Å². The summed E-state index contributed by atoms with van der Waals surface area (Å²) in [6.45, 7) is 4.31. The number of aromatic nitrogens is 1. The maximum absolute atomic E-state index is 5.94. The number of hydrogen-bond donors (Lipinski definition) is 0. The van der Waals surface area contributed by atoms with Gasteiger partial charge < -0.3 is 14.4 Å². The maximum atomic E-state index is 5.94. The van der Waals surface area contributed by atoms with Gasteiger partial charge in [-0.15, -0.1) is 0 Å². The highest BCUT2D eigenvalue weighted by Crippen LogP contribution is 2.31. The average Bonchev–Trinajstić information content (AvgIpc) is 2.59. The Bertz CT molecular complexity index is 609. The highest BCUT2D eigenvalue weighted by Gasteiger charge is 2.10. The van der Waals surface area contributed by atoms with Crippen LogP contribution in [-0.2, 0) is 0 Å². The van der Waals surface area contributed by atoms with E-state index in [2.05, 4.69) is 9.88 Å². The molecule has 118 valence electrons. The molecule has 0 bridgehead atoms. The van der Waals surface area contributed by atoms with Crippen LogP contribution in [0.3, 0.4) is 0 Å². The molecule has 1 aromatic heterocycles. The lowest BCUT2D eigenvalue weighted by Crippen LogP contribution is -2.31. The van der Waals surface area contributed by atoms with Gasteiger partial charge in [-0.2, -0.15) is 0 Å². The Labute approximate surface area is 132 Å². The third kappa shape index (κ3) is 3.69. The summed E-state index contributed by atoms with van der Waals surface area (Å²) in [6.07, 6.45) is 6.91. The number of likely N-dealkylation sites (tertiary alicyclic amines) is 1. The molecule has 1 saturated heterocycles. The van der Waals surface area contributed by atoms with Crippen LogP contribution in [0.25, 0.3) is 10.9 Å². The van der Waals surface area contributed by atoms with Gasteiger partial charge in [-0.25, -0.2) is 0 Å². The molecule has 2 aromatic rings. The Morgan fingerprint density at radius 3 is 2.82 bits per heavy atom. The molecule has 1 fully saturated rings. The number of nitrogens with zero attached hydrogens (tertiary/aromatic N) is 2. The van der Waals surface area contributed by atoms with Crippen molar-refractivity contribution in [3.63, 3.8) is 0 Å². The van der Waals surface area contributed by atoms with Gasteiger partial charge in [-0.3, -0.25) is 4.98 Å². The summed E-state index contributed by atoms with van der Waals surface area (Å²) in [5.41, 5.74) is 0.939. The number of fused-ring (bicyclic) bond motifs is 1. The zero-order chi connectivity index (χ0) is 15.2. The average molecular weight is 300 g/mol. The third-order valence-corrected chi connectivity index (χ3v) is 4.21. The second-order valence-corrected chi connectivity index (χ2v) is 5.80. The molecule has 0 unspecified atom stereocenters. The van der Waals surface area contributed by atoms with Crippen molar-refractivity contribution >= 4 is 10.9 Å². The van der Waals surface area contributed by atoms with Crippen molar-refractivity contribution in [3.05, 3.63) is 30.5 Å². The van der Waals surface area contributed by atoms with Gasteiger partial charge in [0, 0.05) is 24.2 Å². The molecule has 0 amide bonds. The van der Waals surface area contributed by atoms with Crippen LogP contribution < -0.4 is 9.47 Å². The van der Waals surface area contributed by atoms with Crippen molar-refractivity contribution in [1.82, 2.24) is 9.88 Å². The highest BCUT2D eigenvalue weighted by molar-refractivity contribution is 5.82. The van der Waals surface area contributed by atoms with Gasteiger partial charge in [0.25, 0.3) is 0 Å². The Morgan fingerprint density at radius 1 is 1.14 bits per heavy atom. The second-order valence-electron chi connectivity index (χ2n) is 5.80. The van der Waals surface area contributed by atoms with Gasteiger partial charge in [-0.1, -0.05) is 12.5 Å². The van der Waals surface area contributed by atoms with Gasteiger partial charge in [-0.05, 0) is 44.5 Å². The van der Waals surface area contributed by atoms with Crippen LogP contribution in [0.5, 0.6) is 11.5 Å². The molecule has 2 heterocycles. The van der Waals surface area contributed by atoms with E-state index in [4.69, 9.17) is 9.47 Å². The van der Waals surface area contributed by atoms with Gasteiger partial charge in [0.1, 0.15) is 0 Å². The third-order valence-electron chi connectivity index (χ3n) is 4.21. The van der Waals surface area contributed by atoms with Crippen molar-refractivity contribution < 1.29 is 9.47 Å². The maximum Gasteiger partial charge on any atom is 0.163 e. The number of ether oxygens (including phenoxy) is 2. The quantitative estimate of drug-likeness (QED) is 0.765. The minimum Gasteiger partial charge on any atom is -0.493 e. The van der Waals surface area contributed by atoms with Crippen LogP contribution in [0.1, 0.15) is 25.7 Å². The molecular formula is C18H24N2O2. The predicted octanol–water partition coefficient (Wildman–Crippen LogP) is 3.50. The predicted molar refractivity (Wildman–Crippen MR) is 88.7 cm³/mol. The molecule has 4 nitrogen and oxygen atoms in total. The zero-order valence-electron chi connectivity index (χ0n) is 13.3. The van der Waals surface area contributed by atoms with E-state index in [-0.39, 0.29) is 0 Å². The van der Waals surface area contributed by atoms with E-state index in [9.17, 15) is 0 Å². The number of piperidine rings is 1. The fraction of sp³-hybridized carbons (Fsp3) is 0.500. The van der Waals surface area contributed by atoms with Gasteiger partial charge in [0.05, 0.1) is 19.2 Å². The van der Waals surface area contributed by atoms with E-state index in [0.717, 1.165) is 35.4 Å². The molecule has 1 aromatic carbocycles. The molecule has 0 aliphatic carbocycles. The molecule has 0 N–H and O–H groups in total. The van der Waals surface area contributed by atoms with Crippen molar-refractivity contribution in [2.45, 2.75) is 25.7 Å². The number of pyridine rings is 1. The molecule has 4 heteroatoms. The van der Waals surface area contributed by atoms with E-state index >= 15 is 0 Å². The molecule has 3 rings (SSSR count). The standard InChI is InChI=1S/C18H24N2O2/c1-21-17-13-15-7-5-8-19-16(15)14-18(17)22-12-6-11-20-9-3-2-4-10-20/h5,7-8,13-14H,2-4,6,9-12H2,1H3. The van der Waals surface area contributed by atoms with Crippen LogP contribution in [0.4, 0.5) is 0 Å². The molecule has 22 heavy (non-hydrogen) atoms.